The number of hydrogen-bond donors (Lipinski definition) is 0. The summed E-state index contributed by atoms with van der Waals surface area (Å²) in [6.07, 6.45) is 6.73. The fourth-order valence-corrected chi connectivity index (χ4v) is 10.6. The van der Waals surface area contributed by atoms with Crippen LogP contribution in [-0.4, -0.2) is 9.97 Å². The number of hydrogen-bond acceptors (Lipinski definition) is 3. The van der Waals surface area contributed by atoms with Gasteiger partial charge in [0.2, 0.25) is 0 Å². The Labute approximate surface area is 358 Å². The van der Waals surface area contributed by atoms with Crippen LogP contribution in [0.1, 0.15) is 17.5 Å². The van der Waals surface area contributed by atoms with Crippen LogP contribution < -0.4 is 0 Å². The average Bonchev–Trinajstić information content (AvgIpc) is 3.78. The summed E-state index contributed by atoms with van der Waals surface area (Å²) in [6.45, 7) is 0. The molecule has 0 saturated heterocycles. The molecule has 3 heteroatoms. The Kier molecular flexibility index (Phi) is 8.53. The van der Waals surface area contributed by atoms with E-state index in [1.54, 1.807) is 11.3 Å². The first-order chi connectivity index (χ1) is 30.2. The summed E-state index contributed by atoms with van der Waals surface area (Å²) in [4.78, 5) is 11.4. The standard InChI is InChI=1S/C58H38N2S/c1-3-16-40(17-4-1)55-47-24-12-13-25-48(47)56(50-32-31-37-15-7-9-21-44(37)57(50)55)49-34-33-43(45-22-10-11-23-46(45)49)38-27-29-39(30-28-38)51-36-52(54-35-42-20-8-14-26-53(42)61-54)60-58(59-51)41-18-5-2-6-19-41/h1-9,11-21,23-36H,10,22H2. The third kappa shape index (κ3) is 6.08. The Morgan fingerprint density at radius 1 is 0.426 bits per heavy atom. The molecule has 0 saturated carbocycles. The molecule has 0 radical (unpaired) electrons. The van der Waals surface area contributed by atoms with Crippen LogP contribution in [0, 0.1) is 0 Å². The van der Waals surface area contributed by atoms with Crippen molar-refractivity contribution in [3.8, 4) is 66.6 Å². The molecule has 1 aliphatic carbocycles. The van der Waals surface area contributed by atoms with Crippen LogP contribution in [0.15, 0.2) is 200 Å². The molecular weight excluding hydrogens is 757 g/mol. The van der Waals surface area contributed by atoms with E-state index in [1.165, 1.54) is 86.9 Å². The summed E-state index contributed by atoms with van der Waals surface area (Å²) in [7, 11) is 0. The smallest absolute Gasteiger partial charge is 0.160 e. The van der Waals surface area contributed by atoms with Gasteiger partial charge < -0.3 is 0 Å². The summed E-state index contributed by atoms with van der Waals surface area (Å²) >= 11 is 1.78. The van der Waals surface area contributed by atoms with Gasteiger partial charge >= 0.3 is 0 Å². The fraction of sp³-hybridized carbons (Fsp3) is 0.0345. The maximum Gasteiger partial charge on any atom is 0.160 e. The molecule has 0 N–H and O–H groups in total. The third-order valence-corrected chi connectivity index (χ3v) is 13.5. The lowest BCUT2D eigenvalue weighted by atomic mass is 9.80. The van der Waals surface area contributed by atoms with E-state index < -0.39 is 0 Å². The van der Waals surface area contributed by atoms with Crippen molar-refractivity contribution in [1.82, 2.24) is 9.97 Å². The normalized spacial score (nSPS) is 12.4. The number of rotatable bonds is 6. The van der Waals surface area contributed by atoms with Crippen LogP contribution in [0.3, 0.4) is 0 Å². The molecule has 286 valence electrons. The summed E-state index contributed by atoms with van der Waals surface area (Å²) < 4.78 is 1.26. The Balaban J connectivity index is 1.01. The fourth-order valence-electron chi connectivity index (χ4n) is 9.55. The largest absolute Gasteiger partial charge is 0.228 e. The molecule has 11 aromatic rings. The highest BCUT2D eigenvalue weighted by molar-refractivity contribution is 7.22. The number of aromatic nitrogens is 2. The zero-order valence-electron chi connectivity index (χ0n) is 33.3. The maximum absolute atomic E-state index is 5.15. The lowest BCUT2D eigenvalue weighted by Crippen LogP contribution is -2.01. The van der Waals surface area contributed by atoms with Crippen molar-refractivity contribution in [1.29, 1.82) is 0 Å². The van der Waals surface area contributed by atoms with Crippen LogP contribution in [0.25, 0.3) is 115 Å². The monoisotopic (exact) mass is 794 g/mol. The molecule has 0 aliphatic heterocycles. The molecule has 0 spiro atoms. The number of nitrogens with zero attached hydrogens (tertiary/aromatic N) is 2. The first-order valence-electron chi connectivity index (χ1n) is 21.0. The van der Waals surface area contributed by atoms with E-state index in [2.05, 4.69) is 188 Å². The zero-order valence-corrected chi connectivity index (χ0v) is 34.2. The van der Waals surface area contributed by atoms with E-state index in [0.717, 1.165) is 46.1 Å². The maximum atomic E-state index is 5.15. The van der Waals surface area contributed by atoms with Gasteiger partial charge in [-0.05, 0) is 113 Å². The first-order valence-corrected chi connectivity index (χ1v) is 21.9. The Morgan fingerprint density at radius 3 is 1.85 bits per heavy atom. The molecule has 0 amide bonds. The Hall–Kier alpha value is -7.46. The van der Waals surface area contributed by atoms with Gasteiger partial charge in [-0.15, -0.1) is 11.3 Å². The van der Waals surface area contributed by atoms with Crippen molar-refractivity contribution in [2.45, 2.75) is 12.8 Å². The van der Waals surface area contributed by atoms with Crippen LogP contribution in [-0.2, 0) is 6.42 Å². The summed E-state index contributed by atoms with van der Waals surface area (Å²) in [5.41, 5.74) is 14.3. The van der Waals surface area contributed by atoms with Gasteiger partial charge in [-0.25, -0.2) is 9.97 Å². The van der Waals surface area contributed by atoms with Crippen molar-refractivity contribution in [3.63, 3.8) is 0 Å². The van der Waals surface area contributed by atoms with Crippen LogP contribution >= 0.6 is 11.3 Å². The summed E-state index contributed by atoms with van der Waals surface area (Å²) in [6, 6.07) is 70.4. The number of allylic oxidation sites excluding steroid dienone is 1. The van der Waals surface area contributed by atoms with E-state index in [-0.39, 0.29) is 0 Å². The molecule has 2 aromatic heterocycles. The highest BCUT2D eigenvalue weighted by atomic mass is 32.1. The predicted molar refractivity (Wildman–Crippen MR) is 260 cm³/mol. The second-order valence-corrected chi connectivity index (χ2v) is 17.0. The predicted octanol–water partition coefficient (Wildman–Crippen LogP) is 16.1. The van der Waals surface area contributed by atoms with Gasteiger partial charge in [-0.1, -0.05) is 188 Å². The third-order valence-electron chi connectivity index (χ3n) is 12.4. The van der Waals surface area contributed by atoms with Gasteiger partial charge in [0.1, 0.15) is 0 Å². The molecule has 0 bridgehead atoms. The number of fused-ring (bicyclic) bond motifs is 6. The van der Waals surface area contributed by atoms with E-state index in [1.807, 2.05) is 18.2 Å². The highest BCUT2D eigenvalue weighted by Gasteiger charge is 2.23. The molecule has 2 nitrogen and oxygen atoms in total. The molecule has 0 unspecified atom stereocenters. The zero-order chi connectivity index (χ0) is 40.3. The highest BCUT2D eigenvalue weighted by Crippen LogP contribution is 2.49. The van der Waals surface area contributed by atoms with Crippen LogP contribution in [0.4, 0.5) is 0 Å². The number of thiophene rings is 1. The lowest BCUT2D eigenvalue weighted by molar-refractivity contribution is 0.989. The number of benzene rings is 9. The lowest BCUT2D eigenvalue weighted by Gasteiger charge is -2.24. The van der Waals surface area contributed by atoms with Gasteiger partial charge in [0, 0.05) is 15.8 Å². The van der Waals surface area contributed by atoms with Crippen molar-refractivity contribution < 1.29 is 0 Å². The van der Waals surface area contributed by atoms with E-state index >= 15 is 0 Å². The van der Waals surface area contributed by atoms with Crippen LogP contribution in [0.2, 0.25) is 0 Å². The van der Waals surface area contributed by atoms with Gasteiger partial charge in [0.15, 0.2) is 5.82 Å². The second kappa shape index (κ2) is 14.7. The van der Waals surface area contributed by atoms with Gasteiger partial charge in [0.05, 0.1) is 16.3 Å². The molecule has 12 rings (SSSR count). The van der Waals surface area contributed by atoms with E-state index in [0.29, 0.717) is 0 Å². The van der Waals surface area contributed by atoms with Crippen molar-refractivity contribution >= 4 is 59.8 Å². The van der Waals surface area contributed by atoms with Gasteiger partial charge in [-0.2, -0.15) is 0 Å². The summed E-state index contributed by atoms with van der Waals surface area (Å²) in [5, 5.41) is 8.91. The minimum absolute atomic E-state index is 0.732. The van der Waals surface area contributed by atoms with Gasteiger partial charge in [0.25, 0.3) is 0 Å². The molecule has 1 aliphatic rings. The molecular formula is C58H38N2S. The Bertz CT molecular complexity index is 3480. The van der Waals surface area contributed by atoms with Crippen molar-refractivity contribution in [2.75, 3.05) is 0 Å². The Morgan fingerprint density at radius 2 is 1.07 bits per heavy atom. The quantitative estimate of drug-likeness (QED) is 0.124. The van der Waals surface area contributed by atoms with Crippen LogP contribution in [0.5, 0.6) is 0 Å². The second-order valence-electron chi connectivity index (χ2n) is 15.9. The van der Waals surface area contributed by atoms with E-state index in [9.17, 15) is 0 Å². The van der Waals surface area contributed by atoms with Crippen molar-refractivity contribution in [3.05, 3.63) is 211 Å². The molecule has 2 heterocycles. The first kappa shape index (κ1) is 35.5. The molecule has 0 fully saturated rings. The minimum Gasteiger partial charge on any atom is -0.228 e. The van der Waals surface area contributed by atoms with Gasteiger partial charge in [-0.3, -0.25) is 0 Å². The SMILES string of the molecule is C1=Cc2c(-c3c4ccccc4c(-c4ccccc4)c4c3ccc3ccccc34)ccc(-c3ccc(-c4cc(-c5cc6ccccc6s5)nc(-c5ccccc5)n4)cc3)c2CC1. The van der Waals surface area contributed by atoms with E-state index in [4.69, 9.17) is 9.97 Å². The topological polar surface area (TPSA) is 25.8 Å². The average molecular weight is 795 g/mol. The summed E-state index contributed by atoms with van der Waals surface area (Å²) in [5.74, 6) is 0.732. The van der Waals surface area contributed by atoms with Crippen molar-refractivity contribution in [2.24, 2.45) is 0 Å². The molecule has 0 atom stereocenters. The molecule has 61 heavy (non-hydrogen) atoms. The molecule has 9 aromatic carbocycles. The minimum atomic E-state index is 0.732.